The van der Waals surface area contributed by atoms with Crippen LogP contribution in [0.25, 0.3) is 0 Å². The molecule has 1 atom stereocenters. The summed E-state index contributed by atoms with van der Waals surface area (Å²) in [6.45, 7) is 5.22. The maximum absolute atomic E-state index is 13.5. The van der Waals surface area contributed by atoms with E-state index in [4.69, 9.17) is 34.8 Å². The predicted molar refractivity (Wildman–Crippen MR) is 138 cm³/mol. The second-order valence-electron chi connectivity index (χ2n) is 7.94. The van der Waals surface area contributed by atoms with Crippen LogP contribution in [-0.2, 0) is 26.2 Å². The summed E-state index contributed by atoms with van der Waals surface area (Å²) >= 11 is 18.1. The molecule has 11 heteroatoms. The smallest absolute Gasteiger partial charge is 0.244 e. The highest BCUT2D eigenvalue weighted by Crippen LogP contribution is 2.27. The molecule has 34 heavy (non-hydrogen) atoms. The van der Waals surface area contributed by atoms with Gasteiger partial charge in [0, 0.05) is 18.1 Å². The van der Waals surface area contributed by atoms with Gasteiger partial charge >= 0.3 is 0 Å². The Balaban J connectivity index is 2.42. The number of halogens is 3. The average molecular weight is 549 g/mol. The van der Waals surface area contributed by atoms with Crippen molar-refractivity contribution < 1.29 is 18.0 Å². The Morgan fingerprint density at radius 3 is 2.29 bits per heavy atom. The number of sulfonamides is 1. The van der Waals surface area contributed by atoms with Gasteiger partial charge in [0.2, 0.25) is 21.8 Å². The van der Waals surface area contributed by atoms with Gasteiger partial charge in [-0.15, -0.1) is 0 Å². The van der Waals surface area contributed by atoms with E-state index in [2.05, 4.69) is 5.32 Å². The van der Waals surface area contributed by atoms with E-state index in [1.54, 1.807) is 50.2 Å². The lowest BCUT2D eigenvalue weighted by Crippen LogP contribution is -2.51. The predicted octanol–water partition coefficient (Wildman–Crippen LogP) is 4.66. The molecule has 1 unspecified atom stereocenters. The van der Waals surface area contributed by atoms with Crippen molar-refractivity contribution in [3.8, 4) is 0 Å². The molecule has 0 aliphatic heterocycles. The molecule has 7 nitrogen and oxygen atoms in total. The van der Waals surface area contributed by atoms with Crippen LogP contribution in [0.15, 0.2) is 36.4 Å². The molecule has 0 aliphatic carbocycles. The first-order valence-electron chi connectivity index (χ1n) is 10.6. The van der Waals surface area contributed by atoms with Crippen LogP contribution in [0.5, 0.6) is 0 Å². The largest absolute Gasteiger partial charge is 0.354 e. The summed E-state index contributed by atoms with van der Waals surface area (Å²) in [5, 5.41) is 3.89. The first-order valence-corrected chi connectivity index (χ1v) is 13.6. The molecule has 0 spiro atoms. The Bertz CT molecular complexity index is 1160. The lowest BCUT2D eigenvalue weighted by atomic mass is 10.1. The molecule has 0 bridgehead atoms. The minimum Gasteiger partial charge on any atom is -0.354 e. The van der Waals surface area contributed by atoms with E-state index in [1.807, 2.05) is 6.92 Å². The third-order valence-corrected chi connectivity index (χ3v) is 7.26. The van der Waals surface area contributed by atoms with Crippen LogP contribution in [0.1, 0.15) is 31.4 Å². The number of benzene rings is 2. The van der Waals surface area contributed by atoms with E-state index in [1.165, 1.54) is 4.90 Å². The van der Waals surface area contributed by atoms with Crippen LogP contribution >= 0.6 is 34.8 Å². The van der Waals surface area contributed by atoms with E-state index >= 15 is 0 Å². The Morgan fingerprint density at radius 1 is 1.06 bits per heavy atom. The zero-order valence-corrected chi connectivity index (χ0v) is 22.5. The lowest BCUT2D eigenvalue weighted by Gasteiger charge is -2.32. The number of amides is 2. The summed E-state index contributed by atoms with van der Waals surface area (Å²) < 4.78 is 26.3. The van der Waals surface area contributed by atoms with Gasteiger partial charge in [-0.1, -0.05) is 47.8 Å². The van der Waals surface area contributed by atoms with Crippen molar-refractivity contribution >= 4 is 62.3 Å². The van der Waals surface area contributed by atoms with Crippen molar-refractivity contribution in [1.82, 2.24) is 10.2 Å². The maximum atomic E-state index is 13.5. The number of hydrogen-bond donors (Lipinski definition) is 1. The topological polar surface area (TPSA) is 86.8 Å². The fourth-order valence-electron chi connectivity index (χ4n) is 3.31. The summed E-state index contributed by atoms with van der Waals surface area (Å²) in [7, 11) is -3.82. The number of nitrogens with one attached hydrogen (secondary N) is 1. The molecule has 0 saturated carbocycles. The second-order valence-corrected chi connectivity index (χ2v) is 11.1. The van der Waals surface area contributed by atoms with Crippen LogP contribution in [0.2, 0.25) is 15.1 Å². The zero-order chi connectivity index (χ0) is 25.6. The zero-order valence-electron chi connectivity index (χ0n) is 19.4. The van der Waals surface area contributed by atoms with Gasteiger partial charge < -0.3 is 10.2 Å². The Morgan fingerprint density at radius 2 is 1.74 bits per heavy atom. The highest BCUT2D eigenvalue weighted by molar-refractivity contribution is 7.92. The fraction of sp³-hybridized carbons (Fsp3) is 0.391. The average Bonchev–Trinajstić information content (AvgIpc) is 2.75. The van der Waals surface area contributed by atoms with Crippen molar-refractivity contribution in [3.05, 3.63) is 62.6 Å². The van der Waals surface area contributed by atoms with Gasteiger partial charge in [-0.3, -0.25) is 13.9 Å². The van der Waals surface area contributed by atoms with Crippen molar-refractivity contribution in [1.29, 1.82) is 0 Å². The van der Waals surface area contributed by atoms with E-state index < -0.39 is 28.5 Å². The van der Waals surface area contributed by atoms with E-state index in [0.29, 0.717) is 38.4 Å². The normalized spacial score (nSPS) is 12.2. The summed E-state index contributed by atoms with van der Waals surface area (Å²) in [5.74, 6) is -0.895. The van der Waals surface area contributed by atoms with Crippen LogP contribution in [0, 0.1) is 6.92 Å². The van der Waals surface area contributed by atoms with Crippen molar-refractivity contribution in [2.24, 2.45) is 0 Å². The Labute approximate surface area is 216 Å². The van der Waals surface area contributed by atoms with Gasteiger partial charge in [-0.2, -0.15) is 0 Å². The number of anilines is 1. The van der Waals surface area contributed by atoms with Gasteiger partial charge in [-0.05, 0) is 61.7 Å². The third kappa shape index (κ3) is 7.50. The molecular weight excluding hydrogens is 521 g/mol. The van der Waals surface area contributed by atoms with Crippen LogP contribution in [-0.4, -0.2) is 50.5 Å². The Kier molecular flexibility index (Phi) is 10.1. The van der Waals surface area contributed by atoms with Crippen molar-refractivity contribution in [3.63, 3.8) is 0 Å². The standard InChI is InChI=1S/C23H28Cl3N3O4S/c1-5-10-27-23(31)16(3)28(13-17-6-8-19(25)20(26)12-17)22(30)14-29(34(4,32)33)21-9-7-18(24)11-15(21)2/h6-9,11-12,16H,5,10,13-14H2,1-4H3,(H,27,31). The molecule has 2 amide bonds. The molecule has 0 heterocycles. The number of carbonyl (C=O) groups is 2. The molecule has 2 rings (SSSR count). The monoisotopic (exact) mass is 547 g/mol. The highest BCUT2D eigenvalue weighted by atomic mass is 35.5. The highest BCUT2D eigenvalue weighted by Gasteiger charge is 2.30. The Hall–Kier alpha value is -2.00. The van der Waals surface area contributed by atoms with Gasteiger partial charge in [0.05, 0.1) is 22.0 Å². The summed E-state index contributed by atoms with van der Waals surface area (Å²) in [5.41, 5.74) is 1.57. The van der Waals surface area contributed by atoms with Gasteiger partial charge in [-0.25, -0.2) is 8.42 Å². The van der Waals surface area contributed by atoms with E-state index in [0.717, 1.165) is 17.0 Å². The number of hydrogen-bond acceptors (Lipinski definition) is 4. The third-order valence-electron chi connectivity index (χ3n) is 5.16. The second kappa shape index (κ2) is 12.1. The first-order chi connectivity index (χ1) is 15.8. The minimum atomic E-state index is -3.82. The van der Waals surface area contributed by atoms with Gasteiger partial charge in [0.15, 0.2) is 0 Å². The number of aryl methyl sites for hydroxylation is 1. The minimum absolute atomic E-state index is 0.0354. The van der Waals surface area contributed by atoms with Gasteiger partial charge in [0.1, 0.15) is 12.6 Å². The molecule has 0 aromatic heterocycles. The van der Waals surface area contributed by atoms with Gasteiger partial charge in [0.25, 0.3) is 0 Å². The van der Waals surface area contributed by atoms with E-state index in [-0.39, 0.29) is 12.5 Å². The van der Waals surface area contributed by atoms with Crippen molar-refractivity contribution in [2.75, 3.05) is 23.7 Å². The van der Waals surface area contributed by atoms with Crippen LogP contribution < -0.4 is 9.62 Å². The molecule has 0 aliphatic rings. The number of carbonyl (C=O) groups excluding carboxylic acids is 2. The summed E-state index contributed by atoms with van der Waals surface area (Å²) in [6, 6.07) is 8.77. The molecule has 1 N–H and O–H groups in total. The summed E-state index contributed by atoms with van der Waals surface area (Å²) in [6.07, 6.45) is 1.76. The van der Waals surface area contributed by atoms with Crippen LogP contribution in [0.4, 0.5) is 5.69 Å². The maximum Gasteiger partial charge on any atom is 0.244 e. The molecule has 0 radical (unpaired) electrons. The fourth-order valence-corrected chi connectivity index (χ4v) is 4.76. The lowest BCUT2D eigenvalue weighted by molar-refractivity contribution is -0.139. The molecule has 186 valence electrons. The molecular formula is C23H28Cl3N3O4S. The first kappa shape index (κ1) is 28.2. The van der Waals surface area contributed by atoms with Crippen molar-refractivity contribution in [2.45, 2.75) is 39.8 Å². The number of nitrogens with zero attached hydrogens (tertiary/aromatic N) is 2. The number of rotatable bonds is 10. The summed E-state index contributed by atoms with van der Waals surface area (Å²) in [4.78, 5) is 27.5. The quantitative estimate of drug-likeness (QED) is 0.468. The molecule has 0 saturated heterocycles. The molecule has 2 aromatic rings. The van der Waals surface area contributed by atoms with E-state index in [9.17, 15) is 18.0 Å². The van der Waals surface area contributed by atoms with Crippen LogP contribution in [0.3, 0.4) is 0 Å². The molecule has 2 aromatic carbocycles. The molecule has 0 fully saturated rings. The SMILES string of the molecule is CCCNC(=O)C(C)N(Cc1ccc(Cl)c(Cl)c1)C(=O)CN(c1ccc(Cl)cc1C)S(C)(=O)=O.